The third-order valence-corrected chi connectivity index (χ3v) is 3.70. The van der Waals surface area contributed by atoms with Crippen molar-refractivity contribution in [1.82, 2.24) is 16.0 Å². The van der Waals surface area contributed by atoms with E-state index >= 15 is 0 Å². The summed E-state index contributed by atoms with van der Waals surface area (Å²) in [5, 5.41) is 8.95. The number of amides is 1. The monoisotopic (exact) mass is 500 g/mol. The van der Waals surface area contributed by atoms with Crippen LogP contribution >= 0.6 is 24.0 Å². The Morgan fingerprint density at radius 1 is 1.00 bits per heavy atom. The SMILES string of the molecule is CCNC(=O)C(C)(C)CNC(=NCc1ccc(C(F)(F)F)cc1)NCC.I. The van der Waals surface area contributed by atoms with Crippen molar-refractivity contribution in [3.05, 3.63) is 35.4 Å². The summed E-state index contributed by atoms with van der Waals surface area (Å²) >= 11 is 0. The van der Waals surface area contributed by atoms with E-state index in [2.05, 4.69) is 20.9 Å². The van der Waals surface area contributed by atoms with Crippen LogP contribution in [0.25, 0.3) is 0 Å². The highest BCUT2D eigenvalue weighted by Crippen LogP contribution is 2.29. The zero-order chi connectivity index (χ0) is 19.8. The Balaban J connectivity index is 0.00000676. The molecule has 9 heteroatoms. The fraction of sp³-hybridized carbons (Fsp3) is 0.556. The predicted molar refractivity (Wildman–Crippen MR) is 112 cm³/mol. The van der Waals surface area contributed by atoms with E-state index in [1.54, 1.807) is 0 Å². The van der Waals surface area contributed by atoms with Crippen LogP contribution in [-0.4, -0.2) is 31.5 Å². The number of carbonyl (C=O) groups excluding carboxylic acids is 1. The number of benzene rings is 1. The maximum Gasteiger partial charge on any atom is 0.416 e. The Bertz CT molecular complexity index is 616. The van der Waals surface area contributed by atoms with Gasteiger partial charge in [-0.25, -0.2) is 4.99 Å². The molecule has 3 N–H and O–H groups in total. The molecule has 1 aromatic rings. The molecular weight excluding hydrogens is 472 g/mol. The molecule has 0 aliphatic rings. The van der Waals surface area contributed by atoms with Gasteiger partial charge in [0.05, 0.1) is 17.5 Å². The van der Waals surface area contributed by atoms with Crippen LogP contribution < -0.4 is 16.0 Å². The highest BCUT2D eigenvalue weighted by molar-refractivity contribution is 14.0. The minimum atomic E-state index is -4.34. The number of hydrogen-bond donors (Lipinski definition) is 3. The van der Waals surface area contributed by atoms with E-state index in [4.69, 9.17) is 0 Å². The van der Waals surface area contributed by atoms with Gasteiger partial charge in [-0.3, -0.25) is 4.79 Å². The Morgan fingerprint density at radius 2 is 1.56 bits per heavy atom. The molecule has 0 spiro atoms. The number of aliphatic imine (C=N–C) groups is 1. The van der Waals surface area contributed by atoms with E-state index in [0.717, 1.165) is 12.1 Å². The molecule has 0 fully saturated rings. The molecule has 0 unspecified atom stereocenters. The summed E-state index contributed by atoms with van der Waals surface area (Å²) in [6.07, 6.45) is -4.34. The van der Waals surface area contributed by atoms with Gasteiger partial charge < -0.3 is 16.0 Å². The number of alkyl halides is 3. The van der Waals surface area contributed by atoms with Crippen molar-refractivity contribution in [3.63, 3.8) is 0 Å². The van der Waals surface area contributed by atoms with Crippen molar-refractivity contribution in [2.45, 2.75) is 40.4 Å². The number of nitrogens with one attached hydrogen (secondary N) is 3. The van der Waals surface area contributed by atoms with Crippen molar-refractivity contribution in [2.75, 3.05) is 19.6 Å². The van der Waals surface area contributed by atoms with Gasteiger partial charge in [-0.05, 0) is 45.4 Å². The minimum absolute atomic E-state index is 0. The number of carbonyl (C=O) groups is 1. The Hall–Kier alpha value is -1.52. The quantitative estimate of drug-likeness (QED) is 0.305. The topological polar surface area (TPSA) is 65.5 Å². The van der Waals surface area contributed by atoms with Gasteiger partial charge in [0.15, 0.2) is 5.96 Å². The second-order valence-electron chi connectivity index (χ2n) is 6.49. The first-order valence-corrected chi connectivity index (χ1v) is 8.56. The Kier molecular flexibility index (Phi) is 10.7. The molecule has 154 valence electrons. The van der Waals surface area contributed by atoms with Crippen LogP contribution in [0.5, 0.6) is 0 Å². The third kappa shape index (κ3) is 8.81. The molecule has 0 saturated heterocycles. The fourth-order valence-electron chi connectivity index (χ4n) is 2.10. The normalized spacial score (nSPS) is 12.2. The molecule has 0 aliphatic carbocycles. The maximum atomic E-state index is 12.6. The van der Waals surface area contributed by atoms with E-state index in [9.17, 15) is 18.0 Å². The molecule has 1 aromatic carbocycles. The van der Waals surface area contributed by atoms with E-state index in [1.165, 1.54) is 12.1 Å². The van der Waals surface area contributed by atoms with Crippen molar-refractivity contribution in [2.24, 2.45) is 10.4 Å². The van der Waals surface area contributed by atoms with E-state index in [-0.39, 0.29) is 36.4 Å². The molecule has 27 heavy (non-hydrogen) atoms. The lowest BCUT2D eigenvalue weighted by molar-refractivity contribution is -0.137. The van der Waals surface area contributed by atoms with Crippen LogP contribution in [0.2, 0.25) is 0 Å². The zero-order valence-electron chi connectivity index (χ0n) is 16.0. The molecule has 0 heterocycles. The van der Waals surface area contributed by atoms with Crippen LogP contribution in [0, 0.1) is 5.41 Å². The van der Waals surface area contributed by atoms with Gasteiger partial charge in [0.2, 0.25) is 5.91 Å². The average molecular weight is 500 g/mol. The van der Waals surface area contributed by atoms with Gasteiger partial charge in [-0.15, -0.1) is 24.0 Å². The lowest BCUT2D eigenvalue weighted by atomic mass is 9.92. The number of nitrogens with zero attached hydrogens (tertiary/aromatic N) is 1. The predicted octanol–water partition coefficient (Wildman–Crippen LogP) is 3.54. The van der Waals surface area contributed by atoms with Crippen LogP contribution in [0.4, 0.5) is 13.2 Å². The second-order valence-corrected chi connectivity index (χ2v) is 6.49. The summed E-state index contributed by atoms with van der Waals surface area (Å²) in [6.45, 7) is 9.20. The van der Waals surface area contributed by atoms with Gasteiger partial charge in [-0.1, -0.05) is 12.1 Å². The lowest BCUT2D eigenvalue weighted by Gasteiger charge is -2.24. The first-order chi connectivity index (χ1) is 12.1. The van der Waals surface area contributed by atoms with Crippen LogP contribution in [-0.2, 0) is 17.5 Å². The molecule has 1 rings (SSSR count). The standard InChI is InChI=1S/C18H27F3N4O.HI/c1-5-22-15(26)17(3,4)12-25-16(23-6-2)24-11-13-7-9-14(10-8-13)18(19,20)21;/h7-10H,5-6,11-12H2,1-4H3,(H,22,26)(H2,23,24,25);1H. The lowest BCUT2D eigenvalue weighted by Crippen LogP contribution is -2.47. The number of halogens is 4. The minimum Gasteiger partial charge on any atom is -0.357 e. The van der Waals surface area contributed by atoms with Gasteiger partial charge >= 0.3 is 6.18 Å². The molecule has 0 radical (unpaired) electrons. The van der Waals surface area contributed by atoms with Crippen LogP contribution in [0.15, 0.2) is 29.3 Å². The first kappa shape index (κ1) is 25.5. The fourth-order valence-corrected chi connectivity index (χ4v) is 2.10. The average Bonchev–Trinajstić information content (AvgIpc) is 2.57. The van der Waals surface area contributed by atoms with Crippen LogP contribution in [0.1, 0.15) is 38.8 Å². The summed E-state index contributed by atoms with van der Waals surface area (Å²) in [4.78, 5) is 16.4. The summed E-state index contributed by atoms with van der Waals surface area (Å²) in [5.74, 6) is 0.441. The molecule has 0 atom stereocenters. The summed E-state index contributed by atoms with van der Waals surface area (Å²) in [7, 11) is 0. The number of guanidine groups is 1. The van der Waals surface area contributed by atoms with Gasteiger partial charge in [0.25, 0.3) is 0 Å². The van der Waals surface area contributed by atoms with Crippen molar-refractivity contribution in [1.29, 1.82) is 0 Å². The Morgan fingerprint density at radius 3 is 2.04 bits per heavy atom. The van der Waals surface area contributed by atoms with E-state index in [0.29, 0.717) is 31.2 Å². The van der Waals surface area contributed by atoms with E-state index < -0.39 is 17.2 Å². The number of rotatable bonds is 7. The first-order valence-electron chi connectivity index (χ1n) is 8.56. The molecular formula is C18H28F3IN4O. The van der Waals surface area contributed by atoms with Crippen molar-refractivity contribution in [3.8, 4) is 0 Å². The Labute approximate surface area is 175 Å². The smallest absolute Gasteiger partial charge is 0.357 e. The highest BCUT2D eigenvalue weighted by atomic mass is 127. The molecule has 0 aromatic heterocycles. The van der Waals surface area contributed by atoms with Crippen molar-refractivity contribution >= 4 is 35.8 Å². The highest BCUT2D eigenvalue weighted by Gasteiger charge is 2.30. The largest absolute Gasteiger partial charge is 0.416 e. The summed E-state index contributed by atoms with van der Waals surface area (Å²) in [5.41, 5.74) is -0.641. The van der Waals surface area contributed by atoms with Gasteiger partial charge in [0, 0.05) is 19.6 Å². The van der Waals surface area contributed by atoms with E-state index in [1.807, 2.05) is 27.7 Å². The zero-order valence-corrected chi connectivity index (χ0v) is 18.4. The number of hydrogen-bond acceptors (Lipinski definition) is 2. The molecule has 0 saturated carbocycles. The molecule has 1 amide bonds. The molecule has 0 aliphatic heterocycles. The summed E-state index contributed by atoms with van der Waals surface area (Å²) < 4.78 is 37.8. The third-order valence-electron chi connectivity index (χ3n) is 3.70. The van der Waals surface area contributed by atoms with Crippen LogP contribution in [0.3, 0.4) is 0 Å². The molecule has 0 bridgehead atoms. The summed E-state index contributed by atoms with van der Waals surface area (Å²) in [6, 6.07) is 4.91. The molecule has 5 nitrogen and oxygen atoms in total. The van der Waals surface area contributed by atoms with Crippen molar-refractivity contribution < 1.29 is 18.0 Å². The maximum absolute atomic E-state index is 12.6. The van der Waals surface area contributed by atoms with Gasteiger partial charge in [0.1, 0.15) is 0 Å². The van der Waals surface area contributed by atoms with Gasteiger partial charge in [-0.2, -0.15) is 13.2 Å². The second kappa shape index (κ2) is 11.4.